The first kappa shape index (κ1) is 18.1. The van der Waals surface area contributed by atoms with Crippen molar-refractivity contribution in [1.29, 1.82) is 0 Å². The molecule has 2 heterocycles. The largest absolute Gasteiger partial charge is 0.353 e. The summed E-state index contributed by atoms with van der Waals surface area (Å²) in [6, 6.07) is 8.21. The molecule has 0 fully saturated rings. The second-order valence-corrected chi connectivity index (χ2v) is 6.86. The van der Waals surface area contributed by atoms with E-state index in [0.29, 0.717) is 6.54 Å². The minimum atomic E-state index is -0.0160. The molecule has 0 unspecified atom stereocenters. The lowest BCUT2D eigenvalue weighted by atomic mass is 10.4. The van der Waals surface area contributed by atoms with Crippen LogP contribution in [0.25, 0.3) is 0 Å². The summed E-state index contributed by atoms with van der Waals surface area (Å²) < 4.78 is 2.08. The molecule has 0 saturated heterocycles. The lowest BCUT2D eigenvalue weighted by Crippen LogP contribution is -2.39. The molecule has 6 nitrogen and oxygen atoms in total. The van der Waals surface area contributed by atoms with Crippen molar-refractivity contribution in [2.75, 3.05) is 27.7 Å². The van der Waals surface area contributed by atoms with E-state index in [4.69, 9.17) is 0 Å². The number of carbonyl (C=O) groups excluding carboxylic acids is 1. The van der Waals surface area contributed by atoms with Crippen molar-refractivity contribution in [3.05, 3.63) is 46.4 Å². The summed E-state index contributed by atoms with van der Waals surface area (Å²) in [6.45, 7) is 1.55. The average Bonchev–Trinajstić information content (AvgIpc) is 3.19. The quantitative estimate of drug-likeness (QED) is 0.640. The Morgan fingerprint density at radius 1 is 1.29 bits per heavy atom. The molecule has 0 spiro atoms. The van der Waals surface area contributed by atoms with Gasteiger partial charge in [-0.05, 0) is 23.6 Å². The van der Waals surface area contributed by atoms with Gasteiger partial charge in [0.1, 0.15) is 6.54 Å². The summed E-state index contributed by atoms with van der Waals surface area (Å²) >= 11 is 1.70. The molecule has 1 amide bonds. The monoisotopic (exact) mass is 347 g/mol. The topological polar surface area (TPSA) is 52.9 Å². The van der Waals surface area contributed by atoms with Crippen molar-refractivity contribution in [2.24, 2.45) is 12.0 Å². The minimum Gasteiger partial charge on any atom is -0.353 e. The SMILES string of the molecule is CN(C)C(=O)CN=C(NCc1cccs1)N(C)Cc1cccn1C. The molecular formula is C17H25N5OS. The minimum absolute atomic E-state index is 0.0160. The molecule has 2 aromatic rings. The Morgan fingerprint density at radius 3 is 2.67 bits per heavy atom. The number of guanidine groups is 1. The number of aliphatic imine (C=N–C) groups is 1. The van der Waals surface area contributed by atoms with Crippen molar-refractivity contribution in [3.8, 4) is 0 Å². The Hall–Kier alpha value is -2.28. The fourth-order valence-corrected chi connectivity index (χ4v) is 2.80. The number of hydrogen-bond donors (Lipinski definition) is 1. The number of aromatic nitrogens is 1. The third kappa shape index (κ3) is 5.13. The molecule has 0 bridgehead atoms. The molecule has 0 aliphatic rings. The number of thiophene rings is 1. The van der Waals surface area contributed by atoms with Gasteiger partial charge in [-0.25, -0.2) is 4.99 Å². The molecule has 0 atom stereocenters. The van der Waals surface area contributed by atoms with E-state index in [-0.39, 0.29) is 12.5 Å². The Labute approximate surface area is 147 Å². The Kier molecular flexibility index (Phi) is 6.43. The van der Waals surface area contributed by atoms with Crippen LogP contribution in [0.4, 0.5) is 0 Å². The van der Waals surface area contributed by atoms with E-state index in [1.165, 1.54) is 10.6 Å². The van der Waals surface area contributed by atoms with Crippen LogP contribution >= 0.6 is 11.3 Å². The van der Waals surface area contributed by atoms with Crippen LogP contribution in [0.3, 0.4) is 0 Å². The van der Waals surface area contributed by atoms with E-state index >= 15 is 0 Å². The summed E-state index contributed by atoms with van der Waals surface area (Å²) in [5.74, 6) is 0.706. The van der Waals surface area contributed by atoms with Gasteiger partial charge >= 0.3 is 0 Å². The van der Waals surface area contributed by atoms with Crippen LogP contribution in [0.5, 0.6) is 0 Å². The van der Waals surface area contributed by atoms with Crippen LogP contribution in [0.1, 0.15) is 10.6 Å². The molecule has 0 aliphatic carbocycles. The predicted molar refractivity (Wildman–Crippen MR) is 99.0 cm³/mol. The summed E-state index contributed by atoms with van der Waals surface area (Å²) in [5, 5.41) is 5.41. The van der Waals surface area contributed by atoms with E-state index in [0.717, 1.165) is 12.5 Å². The van der Waals surface area contributed by atoms with E-state index in [2.05, 4.69) is 32.4 Å². The molecular weight excluding hydrogens is 322 g/mol. The van der Waals surface area contributed by atoms with Crippen LogP contribution < -0.4 is 5.32 Å². The third-order valence-electron chi connectivity index (χ3n) is 3.68. The third-order valence-corrected chi connectivity index (χ3v) is 4.55. The smallest absolute Gasteiger partial charge is 0.243 e. The predicted octanol–water partition coefficient (Wildman–Crippen LogP) is 1.75. The summed E-state index contributed by atoms with van der Waals surface area (Å²) in [6.07, 6.45) is 2.02. The highest BCUT2D eigenvalue weighted by molar-refractivity contribution is 7.09. The number of hydrogen-bond acceptors (Lipinski definition) is 3. The molecule has 0 radical (unpaired) electrons. The molecule has 7 heteroatoms. The van der Waals surface area contributed by atoms with Gasteiger partial charge in [0.25, 0.3) is 0 Å². The van der Waals surface area contributed by atoms with Gasteiger partial charge in [0.05, 0.1) is 13.1 Å². The highest BCUT2D eigenvalue weighted by atomic mass is 32.1. The zero-order valence-electron chi connectivity index (χ0n) is 14.7. The Balaban J connectivity index is 2.06. The first-order valence-corrected chi connectivity index (χ1v) is 8.67. The molecule has 0 aliphatic heterocycles. The maximum atomic E-state index is 11.8. The fourth-order valence-electron chi connectivity index (χ4n) is 2.15. The molecule has 2 aromatic heterocycles. The highest BCUT2D eigenvalue weighted by Gasteiger charge is 2.11. The van der Waals surface area contributed by atoms with Gasteiger partial charge in [0.2, 0.25) is 5.91 Å². The maximum absolute atomic E-state index is 11.8. The first-order chi connectivity index (χ1) is 11.5. The van der Waals surface area contributed by atoms with Crippen LogP contribution in [-0.2, 0) is 24.9 Å². The molecule has 2 rings (SSSR count). The molecule has 130 valence electrons. The Morgan fingerprint density at radius 2 is 2.08 bits per heavy atom. The number of nitrogens with zero attached hydrogens (tertiary/aromatic N) is 4. The second kappa shape index (κ2) is 8.54. The second-order valence-electron chi connectivity index (χ2n) is 5.83. The van der Waals surface area contributed by atoms with Gasteiger partial charge in [-0.1, -0.05) is 6.07 Å². The molecule has 24 heavy (non-hydrogen) atoms. The number of carbonyl (C=O) groups is 1. The standard InChI is InChI=1S/C17H25N5OS/c1-20(2)16(23)12-19-17(18-11-15-8-6-10-24-15)22(4)13-14-7-5-9-21(14)3/h5-10H,11-13H2,1-4H3,(H,18,19). The van der Waals surface area contributed by atoms with Gasteiger partial charge in [-0.3, -0.25) is 4.79 Å². The van der Waals surface area contributed by atoms with Crippen molar-refractivity contribution in [3.63, 3.8) is 0 Å². The van der Waals surface area contributed by atoms with Crippen LogP contribution in [0.2, 0.25) is 0 Å². The Bertz CT molecular complexity index is 675. The molecule has 0 aromatic carbocycles. The fraction of sp³-hybridized carbons (Fsp3) is 0.412. The lowest BCUT2D eigenvalue weighted by molar-refractivity contribution is -0.127. The lowest BCUT2D eigenvalue weighted by Gasteiger charge is -2.23. The van der Waals surface area contributed by atoms with Gasteiger partial charge in [-0.15, -0.1) is 11.3 Å². The van der Waals surface area contributed by atoms with Crippen LogP contribution in [0.15, 0.2) is 40.8 Å². The van der Waals surface area contributed by atoms with Gasteiger partial charge < -0.3 is 19.7 Å². The normalized spacial score (nSPS) is 11.4. The van der Waals surface area contributed by atoms with Crippen molar-refractivity contribution in [2.45, 2.75) is 13.1 Å². The number of amides is 1. The van der Waals surface area contributed by atoms with Crippen molar-refractivity contribution in [1.82, 2.24) is 19.7 Å². The van der Waals surface area contributed by atoms with Crippen LogP contribution in [-0.4, -0.2) is 53.9 Å². The molecule has 1 N–H and O–H groups in total. The zero-order chi connectivity index (χ0) is 17.5. The number of rotatable bonds is 6. The van der Waals surface area contributed by atoms with Gasteiger partial charge in [0, 0.05) is 45.0 Å². The van der Waals surface area contributed by atoms with E-state index in [1.54, 1.807) is 30.3 Å². The van der Waals surface area contributed by atoms with Crippen molar-refractivity contribution >= 4 is 23.2 Å². The van der Waals surface area contributed by atoms with Crippen molar-refractivity contribution < 1.29 is 4.79 Å². The number of nitrogens with one attached hydrogen (secondary N) is 1. The van der Waals surface area contributed by atoms with E-state index < -0.39 is 0 Å². The van der Waals surface area contributed by atoms with Gasteiger partial charge in [0.15, 0.2) is 5.96 Å². The summed E-state index contributed by atoms with van der Waals surface area (Å²) in [5.41, 5.74) is 1.18. The van der Waals surface area contributed by atoms with Gasteiger partial charge in [-0.2, -0.15) is 0 Å². The van der Waals surface area contributed by atoms with E-state index in [9.17, 15) is 4.79 Å². The summed E-state index contributed by atoms with van der Waals surface area (Å²) in [4.78, 5) is 21.2. The first-order valence-electron chi connectivity index (χ1n) is 7.79. The number of likely N-dealkylation sites (N-methyl/N-ethyl adjacent to an activating group) is 1. The van der Waals surface area contributed by atoms with Crippen LogP contribution in [0, 0.1) is 0 Å². The highest BCUT2D eigenvalue weighted by Crippen LogP contribution is 2.08. The molecule has 0 saturated carbocycles. The van der Waals surface area contributed by atoms with E-state index in [1.807, 2.05) is 37.3 Å². The maximum Gasteiger partial charge on any atom is 0.243 e. The number of aryl methyl sites for hydroxylation is 1. The average molecular weight is 347 g/mol. The summed E-state index contributed by atoms with van der Waals surface area (Å²) in [7, 11) is 7.48. The zero-order valence-corrected chi connectivity index (χ0v) is 15.5.